The zero-order valence-electron chi connectivity index (χ0n) is 24.8. The van der Waals surface area contributed by atoms with Crippen LogP contribution in [0.2, 0.25) is 0 Å². The molecule has 2 aromatic carbocycles. The molecule has 2 atom stereocenters. The monoisotopic (exact) mass is 598 g/mol. The van der Waals surface area contributed by atoms with E-state index in [2.05, 4.69) is 10.3 Å². The number of hydrogen-bond acceptors (Lipinski definition) is 9. The standard InChI is InChI=1S/C31H39FN4O7/c1-35(41-3)17-21-10-11-22(18-42-23-12-8-20(9-13-23)30(38)39)36(21)28(37)16-19-14-24(32)29-27(15-19)43-31(34-29)33-25-6-4-5-7-26(25)40-2/h4-7,14-15,20-23H,8-13,16-18H2,1-3H3,(H,33,34)(H,38,39)/t20?,21-,22-,23?/m0/s1. The molecule has 0 radical (unpaired) electrons. The molecule has 0 unspecified atom stereocenters. The number of ether oxygens (including phenoxy) is 2. The van der Waals surface area contributed by atoms with Crippen LogP contribution in [0.5, 0.6) is 5.75 Å². The van der Waals surface area contributed by atoms with Crippen LogP contribution in [0, 0.1) is 11.7 Å². The third-order valence-electron chi connectivity index (χ3n) is 8.45. The van der Waals surface area contributed by atoms with Gasteiger partial charge in [0.25, 0.3) is 6.01 Å². The predicted octanol–water partition coefficient (Wildman–Crippen LogP) is 4.77. The summed E-state index contributed by atoms with van der Waals surface area (Å²) < 4.78 is 32.6. The highest BCUT2D eigenvalue weighted by atomic mass is 19.1. The zero-order valence-corrected chi connectivity index (χ0v) is 24.8. The number of carboxylic acid groups (broad SMARTS) is 1. The van der Waals surface area contributed by atoms with Crippen LogP contribution in [0.25, 0.3) is 11.1 Å². The van der Waals surface area contributed by atoms with E-state index in [1.165, 1.54) is 6.07 Å². The maximum absolute atomic E-state index is 15.2. The minimum Gasteiger partial charge on any atom is -0.495 e. The van der Waals surface area contributed by atoms with Crippen molar-refractivity contribution in [2.24, 2.45) is 5.92 Å². The Kier molecular flexibility index (Phi) is 9.79. The number of fused-ring (bicyclic) bond motifs is 1. The van der Waals surface area contributed by atoms with Gasteiger partial charge < -0.3 is 34.1 Å². The van der Waals surface area contributed by atoms with E-state index in [0.29, 0.717) is 55.8 Å². The quantitative estimate of drug-likeness (QED) is 0.282. The van der Waals surface area contributed by atoms with Crippen LogP contribution in [0.4, 0.5) is 16.1 Å². The van der Waals surface area contributed by atoms with Crippen molar-refractivity contribution >= 4 is 34.7 Å². The molecular formula is C31H39FN4O7. The molecule has 5 rings (SSSR count). The summed E-state index contributed by atoms with van der Waals surface area (Å²) in [5.41, 5.74) is 1.40. The lowest BCUT2D eigenvalue weighted by Crippen LogP contribution is -2.48. The van der Waals surface area contributed by atoms with Gasteiger partial charge in [0, 0.05) is 19.6 Å². The van der Waals surface area contributed by atoms with Crippen molar-refractivity contribution in [2.45, 2.75) is 63.1 Å². The lowest BCUT2D eigenvalue weighted by atomic mass is 9.87. The number of hydrogen-bond donors (Lipinski definition) is 2. The van der Waals surface area contributed by atoms with Crippen LogP contribution in [0.15, 0.2) is 40.8 Å². The second-order valence-corrected chi connectivity index (χ2v) is 11.3. The van der Waals surface area contributed by atoms with Crippen molar-refractivity contribution in [1.29, 1.82) is 0 Å². The fourth-order valence-corrected chi connectivity index (χ4v) is 6.13. The van der Waals surface area contributed by atoms with Gasteiger partial charge >= 0.3 is 5.97 Å². The number of nitrogens with one attached hydrogen (secondary N) is 1. The predicted molar refractivity (Wildman–Crippen MR) is 157 cm³/mol. The number of benzene rings is 2. The topological polar surface area (TPSA) is 127 Å². The molecule has 1 saturated heterocycles. The number of methoxy groups -OCH3 is 1. The summed E-state index contributed by atoms with van der Waals surface area (Å²) >= 11 is 0. The number of para-hydroxylation sites is 2. The van der Waals surface area contributed by atoms with Crippen LogP contribution in [-0.4, -0.2) is 84.5 Å². The zero-order chi connectivity index (χ0) is 30.5. The molecule has 1 aromatic heterocycles. The molecule has 2 fully saturated rings. The van der Waals surface area contributed by atoms with Gasteiger partial charge in [-0.2, -0.15) is 10.0 Å². The highest BCUT2D eigenvalue weighted by molar-refractivity contribution is 5.83. The Morgan fingerprint density at radius 2 is 1.86 bits per heavy atom. The molecule has 1 aliphatic carbocycles. The van der Waals surface area contributed by atoms with Gasteiger partial charge in [0.05, 0.1) is 51.0 Å². The van der Waals surface area contributed by atoms with Gasteiger partial charge in [-0.3, -0.25) is 9.59 Å². The van der Waals surface area contributed by atoms with Gasteiger partial charge in [0.15, 0.2) is 11.4 Å². The van der Waals surface area contributed by atoms with Crippen molar-refractivity contribution in [2.75, 3.05) is 39.7 Å². The van der Waals surface area contributed by atoms with E-state index in [-0.39, 0.29) is 53.5 Å². The van der Waals surface area contributed by atoms with E-state index in [1.54, 1.807) is 37.5 Å². The molecule has 2 heterocycles. The number of aromatic nitrogens is 1. The van der Waals surface area contributed by atoms with Crippen molar-refractivity contribution in [3.63, 3.8) is 0 Å². The first kappa shape index (κ1) is 30.7. The second-order valence-electron chi connectivity index (χ2n) is 11.3. The van der Waals surface area contributed by atoms with Crippen molar-refractivity contribution in [1.82, 2.24) is 14.9 Å². The molecule has 0 spiro atoms. The first-order chi connectivity index (χ1) is 20.7. The van der Waals surface area contributed by atoms with Crippen LogP contribution >= 0.6 is 0 Å². The van der Waals surface area contributed by atoms with Gasteiger partial charge in [-0.05, 0) is 68.4 Å². The normalized spacial score (nSPS) is 22.3. The highest BCUT2D eigenvalue weighted by Gasteiger charge is 2.38. The maximum atomic E-state index is 15.2. The number of aliphatic carboxylic acids is 1. The summed E-state index contributed by atoms with van der Waals surface area (Å²) in [6.07, 6.45) is 4.10. The summed E-state index contributed by atoms with van der Waals surface area (Å²) in [7, 11) is 4.95. The number of nitrogens with zero attached hydrogens (tertiary/aromatic N) is 3. The average molecular weight is 599 g/mol. The summed E-state index contributed by atoms with van der Waals surface area (Å²) in [5, 5.41) is 14.0. The van der Waals surface area contributed by atoms with E-state index >= 15 is 4.39 Å². The first-order valence-corrected chi connectivity index (χ1v) is 14.7. The number of hydroxylamine groups is 2. The third kappa shape index (κ3) is 7.26. The van der Waals surface area contributed by atoms with E-state index in [4.69, 9.17) is 18.7 Å². The molecular weight excluding hydrogens is 559 g/mol. The fourth-order valence-electron chi connectivity index (χ4n) is 6.13. The van der Waals surface area contributed by atoms with E-state index < -0.39 is 11.8 Å². The Bertz CT molecular complexity index is 1420. The maximum Gasteiger partial charge on any atom is 0.306 e. The second kappa shape index (κ2) is 13.7. The molecule has 2 aliphatic rings. The van der Waals surface area contributed by atoms with Gasteiger partial charge in [-0.15, -0.1) is 0 Å². The lowest BCUT2D eigenvalue weighted by Gasteiger charge is -2.34. The average Bonchev–Trinajstić information content (AvgIpc) is 3.60. The van der Waals surface area contributed by atoms with Crippen molar-refractivity contribution in [3.8, 4) is 5.75 Å². The number of carboxylic acids is 1. The smallest absolute Gasteiger partial charge is 0.306 e. The highest BCUT2D eigenvalue weighted by Crippen LogP contribution is 2.32. The van der Waals surface area contributed by atoms with Crippen LogP contribution in [0.3, 0.4) is 0 Å². The number of carbonyl (C=O) groups is 2. The molecule has 11 nitrogen and oxygen atoms in total. The Morgan fingerprint density at radius 1 is 1.12 bits per heavy atom. The Labute approximate surface area is 249 Å². The van der Waals surface area contributed by atoms with Gasteiger partial charge in [0.1, 0.15) is 11.3 Å². The summed E-state index contributed by atoms with van der Waals surface area (Å²) in [6, 6.07) is 10.1. The van der Waals surface area contributed by atoms with Crippen molar-refractivity contribution in [3.05, 3.63) is 47.8 Å². The number of likely N-dealkylation sites (N-methyl/N-ethyl adjacent to an activating group) is 1. The molecule has 1 saturated carbocycles. The minimum atomic E-state index is -0.750. The fraction of sp³-hybridized carbons (Fsp3) is 0.516. The summed E-state index contributed by atoms with van der Waals surface area (Å²) in [5.74, 6) is -1.19. The van der Waals surface area contributed by atoms with Crippen molar-refractivity contribution < 1.29 is 37.8 Å². The van der Waals surface area contributed by atoms with E-state index in [0.717, 1.165) is 12.8 Å². The number of likely N-dealkylation sites (tertiary alicyclic amines) is 1. The van der Waals surface area contributed by atoms with E-state index in [1.807, 2.05) is 24.1 Å². The van der Waals surface area contributed by atoms with Gasteiger partial charge in [-0.1, -0.05) is 12.1 Å². The largest absolute Gasteiger partial charge is 0.495 e. The summed E-state index contributed by atoms with van der Waals surface area (Å²) in [4.78, 5) is 36.5. The Balaban J connectivity index is 1.29. The Morgan fingerprint density at radius 3 is 2.58 bits per heavy atom. The molecule has 0 bridgehead atoms. The number of halogens is 1. The molecule has 12 heteroatoms. The minimum absolute atomic E-state index is 0.0176. The van der Waals surface area contributed by atoms with Gasteiger partial charge in [0.2, 0.25) is 5.91 Å². The van der Waals surface area contributed by atoms with Gasteiger partial charge in [-0.25, -0.2) is 4.39 Å². The first-order valence-electron chi connectivity index (χ1n) is 14.7. The molecule has 1 amide bonds. The number of anilines is 2. The molecule has 232 valence electrons. The van der Waals surface area contributed by atoms with Crippen LogP contribution in [-0.2, 0) is 25.6 Å². The summed E-state index contributed by atoms with van der Waals surface area (Å²) in [6.45, 7) is 0.894. The molecule has 43 heavy (non-hydrogen) atoms. The molecule has 3 aromatic rings. The lowest BCUT2D eigenvalue weighted by molar-refractivity contribution is -0.146. The SMILES string of the molecule is COc1ccccc1Nc1nc2c(F)cc(CC(=O)N3[C@H](COC4CCC(C(=O)O)CC4)CC[C@H]3CN(C)OC)cc2o1. The Hall–Kier alpha value is -3.74. The van der Waals surface area contributed by atoms with Crippen LogP contribution in [0.1, 0.15) is 44.1 Å². The number of amides is 1. The number of carbonyl (C=O) groups excluding carboxylic acids is 1. The van der Waals surface area contributed by atoms with Crippen LogP contribution < -0.4 is 10.1 Å². The molecule has 1 aliphatic heterocycles. The van der Waals surface area contributed by atoms with E-state index in [9.17, 15) is 14.7 Å². The third-order valence-corrected chi connectivity index (χ3v) is 8.45. The number of rotatable bonds is 12. The molecule has 2 N–H and O–H groups in total. The number of oxazole rings is 1.